The van der Waals surface area contributed by atoms with E-state index in [4.69, 9.17) is 9.47 Å². The highest BCUT2D eigenvalue weighted by Crippen LogP contribution is 2.45. The van der Waals surface area contributed by atoms with Crippen LogP contribution in [0.25, 0.3) is 0 Å². The Morgan fingerprint density at radius 1 is 1.20 bits per heavy atom. The normalized spacial score (nSPS) is 43.7. The van der Waals surface area contributed by atoms with Crippen LogP contribution in [0.2, 0.25) is 0 Å². The molecule has 0 aromatic carbocycles. The van der Waals surface area contributed by atoms with Crippen molar-refractivity contribution in [1.82, 2.24) is 0 Å². The van der Waals surface area contributed by atoms with Gasteiger partial charge in [-0.1, -0.05) is 20.3 Å². The lowest BCUT2D eigenvalue weighted by Crippen LogP contribution is -2.28. The molecular formula is C16H26O4. The first kappa shape index (κ1) is 14.3. The van der Waals surface area contributed by atoms with Crippen LogP contribution in [0.3, 0.4) is 0 Å². The van der Waals surface area contributed by atoms with Crippen LogP contribution in [0.1, 0.15) is 52.4 Å². The topological polar surface area (TPSA) is 62.4 Å². The molecule has 0 radical (unpaired) electrons. The van der Waals surface area contributed by atoms with Gasteiger partial charge in [0.25, 0.3) is 0 Å². The third-order valence-electron chi connectivity index (χ3n) is 5.35. The zero-order valence-corrected chi connectivity index (χ0v) is 12.5. The Kier molecular flexibility index (Phi) is 4.04. The summed E-state index contributed by atoms with van der Waals surface area (Å²) in [6.07, 6.45) is 7.25. The zero-order valence-electron chi connectivity index (χ0n) is 12.5. The van der Waals surface area contributed by atoms with Crippen LogP contribution in [0.5, 0.6) is 0 Å². The Bertz CT molecular complexity index is 369. The minimum absolute atomic E-state index is 0.194. The van der Waals surface area contributed by atoms with Gasteiger partial charge in [0, 0.05) is 0 Å². The molecule has 7 atom stereocenters. The van der Waals surface area contributed by atoms with Gasteiger partial charge >= 0.3 is 5.97 Å². The number of carboxylic acid groups (broad SMARTS) is 1. The summed E-state index contributed by atoms with van der Waals surface area (Å²) in [7, 11) is 0. The van der Waals surface area contributed by atoms with Gasteiger partial charge in [0.15, 0.2) is 0 Å². The van der Waals surface area contributed by atoms with Gasteiger partial charge in [0.05, 0.1) is 30.3 Å². The number of epoxide rings is 2. The van der Waals surface area contributed by atoms with Crippen molar-refractivity contribution in [3.05, 3.63) is 0 Å². The van der Waals surface area contributed by atoms with Crippen molar-refractivity contribution >= 4 is 5.97 Å². The van der Waals surface area contributed by atoms with E-state index in [1.165, 1.54) is 0 Å². The SMILES string of the molecule is CCCC1OC1CC(CC1CC2OC2CC1C)C(=O)O. The molecule has 0 amide bonds. The van der Waals surface area contributed by atoms with Gasteiger partial charge in [-0.15, -0.1) is 0 Å². The first-order chi connectivity index (χ1) is 9.58. The number of aliphatic carboxylic acids is 1. The molecule has 2 heterocycles. The van der Waals surface area contributed by atoms with Gasteiger partial charge in [-0.2, -0.15) is 0 Å². The van der Waals surface area contributed by atoms with Crippen molar-refractivity contribution in [2.45, 2.75) is 76.8 Å². The second-order valence-electron chi connectivity index (χ2n) is 6.93. The van der Waals surface area contributed by atoms with E-state index >= 15 is 0 Å². The average Bonchev–Trinajstić information content (AvgIpc) is 3.27. The standard InChI is InChI=1S/C16H26O4/c1-3-4-12-14(19-12)8-11(16(17)18)6-10-7-15-13(20-15)5-9(10)2/h9-15H,3-8H2,1-2H3,(H,17,18). The molecule has 0 bridgehead atoms. The summed E-state index contributed by atoms with van der Waals surface area (Å²) in [5.41, 5.74) is 0. The number of ether oxygens (including phenoxy) is 2. The van der Waals surface area contributed by atoms with Gasteiger partial charge in [-0.05, 0) is 43.9 Å². The molecule has 0 aromatic rings. The molecule has 7 unspecified atom stereocenters. The lowest BCUT2D eigenvalue weighted by molar-refractivity contribution is -0.143. The van der Waals surface area contributed by atoms with Crippen LogP contribution >= 0.6 is 0 Å². The fraction of sp³-hybridized carbons (Fsp3) is 0.938. The maximum Gasteiger partial charge on any atom is 0.306 e. The highest BCUT2D eigenvalue weighted by atomic mass is 16.6. The molecular weight excluding hydrogens is 256 g/mol. The molecule has 114 valence electrons. The van der Waals surface area contributed by atoms with Crippen LogP contribution in [0, 0.1) is 17.8 Å². The fourth-order valence-corrected chi connectivity index (χ4v) is 3.88. The van der Waals surface area contributed by atoms with Crippen LogP contribution < -0.4 is 0 Å². The molecule has 4 nitrogen and oxygen atoms in total. The van der Waals surface area contributed by atoms with E-state index in [1.807, 2.05) is 0 Å². The van der Waals surface area contributed by atoms with E-state index in [2.05, 4.69) is 13.8 Å². The summed E-state index contributed by atoms with van der Waals surface area (Å²) in [5.74, 6) is 0.196. The molecule has 2 aliphatic heterocycles. The lowest BCUT2D eigenvalue weighted by atomic mass is 9.75. The predicted octanol–water partition coefficient (Wildman–Crippen LogP) is 2.85. The maximum atomic E-state index is 11.5. The molecule has 0 spiro atoms. The van der Waals surface area contributed by atoms with Gasteiger partial charge < -0.3 is 14.6 Å². The maximum absolute atomic E-state index is 11.5. The number of hydrogen-bond donors (Lipinski definition) is 1. The molecule has 1 aliphatic carbocycles. The Morgan fingerprint density at radius 2 is 1.95 bits per heavy atom. The molecule has 2 saturated heterocycles. The summed E-state index contributed by atoms with van der Waals surface area (Å²) < 4.78 is 11.2. The van der Waals surface area contributed by atoms with Crippen molar-refractivity contribution in [1.29, 1.82) is 0 Å². The van der Waals surface area contributed by atoms with Crippen molar-refractivity contribution < 1.29 is 19.4 Å². The first-order valence-electron chi connectivity index (χ1n) is 8.12. The van der Waals surface area contributed by atoms with E-state index in [0.717, 1.165) is 32.1 Å². The summed E-state index contributed by atoms with van der Waals surface area (Å²) in [5, 5.41) is 9.47. The Morgan fingerprint density at radius 3 is 2.65 bits per heavy atom. The van der Waals surface area contributed by atoms with Gasteiger partial charge in [-0.25, -0.2) is 0 Å². The monoisotopic (exact) mass is 282 g/mol. The number of hydrogen-bond acceptors (Lipinski definition) is 3. The second kappa shape index (κ2) is 5.64. The number of carboxylic acids is 1. The molecule has 3 rings (SSSR count). The number of rotatable bonds is 7. The summed E-state index contributed by atoms with van der Waals surface area (Å²) >= 11 is 0. The van der Waals surface area contributed by atoms with E-state index in [-0.39, 0.29) is 12.0 Å². The molecule has 1 N–H and O–H groups in total. The smallest absolute Gasteiger partial charge is 0.306 e. The summed E-state index contributed by atoms with van der Waals surface area (Å²) in [6, 6.07) is 0. The average molecular weight is 282 g/mol. The van der Waals surface area contributed by atoms with Crippen molar-refractivity contribution in [2.75, 3.05) is 0 Å². The van der Waals surface area contributed by atoms with Gasteiger partial charge in [-0.3, -0.25) is 4.79 Å². The van der Waals surface area contributed by atoms with Crippen LogP contribution in [0.15, 0.2) is 0 Å². The first-order valence-corrected chi connectivity index (χ1v) is 8.12. The molecule has 1 saturated carbocycles. The zero-order chi connectivity index (χ0) is 14.3. The Hall–Kier alpha value is -0.610. The predicted molar refractivity (Wildman–Crippen MR) is 74.5 cm³/mol. The second-order valence-corrected chi connectivity index (χ2v) is 6.93. The summed E-state index contributed by atoms with van der Waals surface area (Å²) in [6.45, 7) is 4.39. The molecule has 4 heteroatoms. The fourth-order valence-electron chi connectivity index (χ4n) is 3.88. The van der Waals surface area contributed by atoms with E-state index in [1.54, 1.807) is 0 Å². The Labute approximate surface area is 120 Å². The summed E-state index contributed by atoms with van der Waals surface area (Å²) in [4.78, 5) is 11.5. The van der Waals surface area contributed by atoms with Crippen LogP contribution in [-0.2, 0) is 14.3 Å². The molecule has 0 aromatic heterocycles. The highest BCUT2D eigenvalue weighted by molar-refractivity contribution is 5.70. The third-order valence-corrected chi connectivity index (χ3v) is 5.35. The van der Waals surface area contributed by atoms with Crippen LogP contribution in [-0.4, -0.2) is 35.5 Å². The Balaban J connectivity index is 1.50. The largest absolute Gasteiger partial charge is 0.481 e. The highest BCUT2D eigenvalue weighted by Gasteiger charge is 2.48. The van der Waals surface area contributed by atoms with E-state index in [0.29, 0.717) is 36.6 Å². The molecule has 3 fully saturated rings. The van der Waals surface area contributed by atoms with Crippen molar-refractivity contribution in [2.24, 2.45) is 17.8 Å². The number of carbonyl (C=O) groups is 1. The lowest BCUT2D eigenvalue weighted by Gasteiger charge is -2.28. The molecule has 3 aliphatic rings. The van der Waals surface area contributed by atoms with E-state index < -0.39 is 5.97 Å². The minimum atomic E-state index is -0.651. The van der Waals surface area contributed by atoms with Gasteiger partial charge in [0.1, 0.15) is 0 Å². The minimum Gasteiger partial charge on any atom is -0.481 e. The quantitative estimate of drug-likeness (QED) is 0.729. The number of fused-ring (bicyclic) bond motifs is 1. The van der Waals surface area contributed by atoms with Gasteiger partial charge in [0.2, 0.25) is 0 Å². The van der Waals surface area contributed by atoms with E-state index in [9.17, 15) is 9.90 Å². The third kappa shape index (κ3) is 3.17. The molecule has 20 heavy (non-hydrogen) atoms. The van der Waals surface area contributed by atoms with Crippen molar-refractivity contribution in [3.63, 3.8) is 0 Å². The van der Waals surface area contributed by atoms with Crippen LogP contribution in [0.4, 0.5) is 0 Å². The van der Waals surface area contributed by atoms with Crippen molar-refractivity contribution in [3.8, 4) is 0 Å².